The van der Waals surface area contributed by atoms with Crippen molar-refractivity contribution in [2.45, 2.75) is 19.3 Å². The number of rotatable bonds is 2. The molecule has 0 amide bonds. The van der Waals surface area contributed by atoms with Crippen molar-refractivity contribution < 1.29 is 9.90 Å². The number of carbonyl (C=O) groups is 1. The van der Waals surface area contributed by atoms with Gasteiger partial charge in [-0.25, -0.2) is 4.98 Å². The number of pyridine rings is 1. The first-order valence-electron chi connectivity index (χ1n) is 5.45. The number of nitrogens with zero attached hydrogens (tertiary/aromatic N) is 2. The van der Waals surface area contributed by atoms with Crippen molar-refractivity contribution in [3.05, 3.63) is 34.7 Å². The lowest BCUT2D eigenvalue weighted by molar-refractivity contribution is -0.138. The number of hydrogen-bond acceptors (Lipinski definition) is 2. The molecule has 0 aliphatic heterocycles. The normalized spacial score (nSPS) is 22.9. The number of hydrogen-bond donors (Lipinski definition) is 1. The van der Waals surface area contributed by atoms with Crippen LogP contribution in [-0.2, 0) is 4.79 Å². The van der Waals surface area contributed by atoms with Gasteiger partial charge in [0.1, 0.15) is 5.65 Å². The highest BCUT2D eigenvalue weighted by Crippen LogP contribution is 2.48. The minimum absolute atomic E-state index is 0.0867. The van der Waals surface area contributed by atoms with E-state index in [2.05, 4.69) is 4.98 Å². The van der Waals surface area contributed by atoms with E-state index < -0.39 is 5.97 Å². The highest BCUT2D eigenvalue weighted by Gasteiger charge is 2.46. The topological polar surface area (TPSA) is 54.6 Å². The van der Waals surface area contributed by atoms with Crippen LogP contribution >= 0.6 is 11.6 Å². The smallest absolute Gasteiger partial charge is 0.307 e. The number of halogens is 1. The molecule has 1 fully saturated rings. The molecular formula is C12H11ClN2O2. The summed E-state index contributed by atoms with van der Waals surface area (Å²) in [6, 6.07) is 3.58. The van der Waals surface area contributed by atoms with Crippen LogP contribution in [0.15, 0.2) is 18.3 Å². The average molecular weight is 251 g/mol. The average Bonchev–Trinajstić information content (AvgIpc) is 2.96. The van der Waals surface area contributed by atoms with Gasteiger partial charge >= 0.3 is 5.97 Å². The zero-order valence-electron chi connectivity index (χ0n) is 9.22. The summed E-state index contributed by atoms with van der Waals surface area (Å²) >= 11 is 5.91. The number of aryl methyl sites for hydroxylation is 1. The Hall–Kier alpha value is -1.55. The molecule has 0 aromatic carbocycles. The van der Waals surface area contributed by atoms with Gasteiger partial charge in [0, 0.05) is 28.9 Å². The van der Waals surface area contributed by atoms with E-state index in [-0.39, 0.29) is 11.8 Å². The Morgan fingerprint density at radius 3 is 3.06 bits per heavy atom. The summed E-state index contributed by atoms with van der Waals surface area (Å²) in [5.74, 6) is -0.897. The van der Waals surface area contributed by atoms with Gasteiger partial charge in [0.25, 0.3) is 0 Å². The first-order chi connectivity index (χ1) is 8.08. The molecule has 4 nitrogen and oxygen atoms in total. The number of carboxylic acid groups (broad SMARTS) is 1. The molecule has 17 heavy (non-hydrogen) atoms. The highest BCUT2D eigenvalue weighted by atomic mass is 35.5. The molecule has 0 spiro atoms. The van der Waals surface area contributed by atoms with Crippen molar-refractivity contribution in [2.24, 2.45) is 5.92 Å². The molecule has 2 heterocycles. The van der Waals surface area contributed by atoms with Gasteiger partial charge in [0.15, 0.2) is 0 Å². The van der Waals surface area contributed by atoms with Gasteiger partial charge in [0.05, 0.1) is 11.6 Å². The van der Waals surface area contributed by atoms with E-state index in [4.69, 9.17) is 16.7 Å². The van der Waals surface area contributed by atoms with Crippen LogP contribution in [0.2, 0.25) is 5.02 Å². The zero-order chi connectivity index (χ0) is 12.2. The van der Waals surface area contributed by atoms with Crippen molar-refractivity contribution in [2.75, 3.05) is 0 Å². The molecule has 5 heteroatoms. The molecule has 1 N–H and O–H groups in total. The fourth-order valence-corrected chi connectivity index (χ4v) is 2.53. The van der Waals surface area contributed by atoms with E-state index in [0.29, 0.717) is 11.4 Å². The van der Waals surface area contributed by atoms with Gasteiger partial charge in [-0.2, -0.15) is 0 Å². The Bertz CT molecular complexity index is 620. The van der Waals surface area contributed by atoms with Crippen LogP contribution in [0.1, 0.15) is 23.7 Å². The number of aromatic nitrogens is 2. The van der Waals surface area contributed by atoms with Crippen LogP contribution in [-0.4, -0.2) is 20.5 Å². The Labute approximate surface area is 103 Å². The van der Waals surface area contributed by atoms with Gasteiger partial charge in [-0.15, -0.1) is 0 Å². The summed E-state index contributed by atoms with van der Waals surface area (Å²) < 4.78 is 1.94. The Morgan fingerprint density at radius 1 is 1.65 bits per heavy atom. The number of fused-ring (bicyclic) bond motifs is 1. The molecule has 2 aromatic heterocycles. The molecule has 3 rings (SSSR count). The summed E-state index contributed by atoms with van der Waals surface area (Å²) in [7, 11) is 0. The van der Waals surface area contributed by atoms with Crippen molar-refractivity contribution in [3.63, 3.8) is 0 Å². The van der Waals surface area contributed by atoms with Crippen molar-refractivity contribution in [1.29, 1.82) is 0 Å². The lowest BCUT2D eigenvalue weighted by atomic mass is 10.2. The second kappa shape index (κ2) is 3.47. The van der Waals surface area contributed by atoms with Crippen molar-refractivity contribution in [1.82, 2.24) is 9.38 Å². The van der Waals surface area contributed by atoms with Crippen LogP contribution in [0, 0.1) is 12.8 Å². The predicted octanol–water partition coefficient (Wildman–Crippen LogP) is 2.48. The predicted molar refractivity (Wildman–Crippen MR) is 63.4 cm³/mol. The molecule has 2 aromatic rings. The Balaban J connectivity index is 2.11. The number of imidazole rings is 1. The third-order valence-electron chi connectivity index (χ3n) is 3.27. The molecule has 88 valence electrons. The minimum atomic E-state index is -0.724. The molecule has 2 atom stereocenters. The van der Waals surface area contributed by atoms with Crippen LogP contribution in [0.4, 0.5) is 0 Å². The highest BCUT2D eigenvalue weighted by molar-refractivity contribution is 6.30. The van der Waals surface area contributed by atoms with E-state index in [1.54, 1.807) is 12.1 Å². The molecule has 1 aliphatic rings. The van der Waals surface area contributed by atoms with E-state index in [0.717, 1.165) is 17.0 Å². The van der Waals surface area contributed by atoms with E-state index in [1.165, 1.54) is 0 Å². The Morgan fingerprint density at radius 2 is 2.41 bits per heavy atom. The summed E-state index contributed by atoms with van der Waals surface area (Å²) in [5.41, 5.74) is 2.67. The maximum atomic E-state index is 10.9. The second-order valence-electron chi connectivity index (χ2n) is 4.44. The first kappa shape index (κ1) is 10.6. The largest absolute Gasteiger partial charge is 0.481 e. The maximum absolute atomic E-state index is 10.9. The SMILES string of the molecule is Cc1nc2cc(Cl)ccn2c1C1CC1C(=O)O. The summed E-state index contributed by atoms with van der Waals surface area (Å²) in [4.78, 5) is 15.3. The van der Waals surface area contributed by atoms with Crippen LogP contribution in [0.5, 0.6) is 0 Å². The van der Waals surface area contributed by atoms with Gasteiger partial charge < -0.3 is 9.51 Å². The fraction of sp³-hybridized carbons (Fsp3) is 0.333. The standard InChI is InChI=1S/C12H11ClN2O2/c1-6-11(8-5-9(8)12(16)17)15-3-2-7(13)4-10(15)14-6/h2-4,8-9H,5H2,1H3,(H,16,17). The number of aliphatic carboxylic acids is 1. The summed E-state index contributed by atoms with van der Waals surface area (Å²) in [6.45, 7) is 1.91. The van der Waals surface area contributed by atoms with Crippen LogP contribution in [0.3, 0.4) is 0 Å². The van der Waals surface area contributed by atoms with Gasteiger partial charge in [0.2, 0.25) is 0 Å². The quantitative estimate of drug-likeness (QED) is 0.891. The van der Waals surface area contributed by atoms with E-state index >= 15 is 0 Å². The lowest BCUT2D eigenvalue weighted by Gasteiger charge is -2.01. The Kier molecular flexibility index (Phi) is 2.16. The molecule has 2 unspecified atom stereocenters. The van der Waals surface area contributed by atoms with Crippen molar-refractivity contribution in [3.8, 4) is 0 Å². The van der Waals surface area contributed by atoms with Gasteiger partial charge in [-0.05, 0) is 19.4 Å². The third-order valence-corrected chi connectivity index (χ3v) is 3.50. The molecule has 0 saturated heterocycles. The summed E-state index contributed by atoms with van der Waals surface area (Å²) in [5, 5.41) is 9.62. The molecule has 0 radical (unpaired) electrons. The maximum Gasteiger partial charge on any atom is 0.307 e. The molecule has 1 aliphatic carbocycles. The number of carboxylic acids is 1. The zero-order valence-corrected chi connectivity index (χ0v) is 9.98. The first-order valence-corrected chi connectivity index (χ1v) is 5.82. The van der Waals surface area contributed by atoms with Crippen LogP contribution in [0.25, 0.3) is 5.65 Å². The monoisotopic (exact) mass is 250 g/mol. The van der Waals surface area contributed by atoms with E-state index in [9.17, 15) is 4.79 Å². The molecular weight excluding hydrogens is 240 g/mol. The minimum Gasteiger partial charge on any atom is -0.481 e. The molecule has 1 saturated carbocycles. The van der Waals surface area contributed by atoms with Crippen LogP contribution < -0.4 is 0 Å². The summed E-state index contributed by atoms with van der Waals surface area (Å²) in [6.07, 6.45) is 2.55. The van der Waals surface area contributed by atoms with E-state index in [1.807, 2.05) is 17.5 Å². The fourth-order valence-electron chi connectivity index (χ4n) is 2.37. The lowest BCUT2D eigenvalue weighted by Crippen LogP contribution is -2.01. The van der Waals surface area contributed by atoms with Gasteiger partial charge in [-0.1, -0.05) is 11.6 Å². The molecule has 0 bridgehead atoms. The third kappa shape index (κ3) is 1.60. The van der Waals surface area contributed by atoms with Gasteiger partial charge in [-0.3, -0.25) is 4.79 Å². The van der Waals surface area contributed by atoms with Crippen molar-refractivity contribution >= 4 is 23.2 Å². The second-order valence-corrected chi connectivity index (χ2v) is 4.88.